The first-order valence-corrected chi connectivity index (χ1v) is 16.8. The molecule has 2 aliphatic heterocycles. The molecule has 4 rings (SSSR count). The molecule has 0 aromatic heterocycles. The van der Waals surface area contributed by atoms with E-state index in [0.717, 1.165) is 0 Å². The lowest BCUT2D eigenvalue weighted by atomic mass is 10.0. The zero-order valence-electron chi connectivity index (χ0n) is 24.5. The van der Waals surface area contributed by atoms with Crippen molar-refractivity contribution in [2.75, 3.05) is 23.7 Å². The molecule has 2 aromatic carbocycles. The predicted molar refractivity (Wildman–Crippen MR) is 163 cm³/mol. The van der Waals surface area contributed by atoms with Gasteiger partial charge in [-0.05, 0) is 88.1 Å². The third kappa shape index (κ3) is 8.58. The van der Waals surface area contributed by atoms with E-state index in [0.29, 0.717) is 50.1 Å². The van der Waals surface area contributed by atoms with Gasteiger partial charge in [-0.3, -0.25) is 9.59 Å². The minimum atomic E-state index is -3.51. The van der Waals surface area contributed by atoms with E-state index in [1.165, 1.54) is 46.7 Å². The molecule has 0 radical (unpaired) electrons. The molecule has 0 unspecified atom stereocenters. The number of carbonyl (C=O) groups excluding carboxylic acids is 2. The van der Waals surface area contributed by atoms with Crippen molar-refractivity contribution in [3.05, 3.63) is 48.5 Å². The molecule has 0 bridgehead atoms. The quantitative estimate of drug-likeness (QED) is 0.378. The molecule has 2 amide bonds. The van der Waals surface area contributed by atoms with Gasteiger partial charge in [-0.2, -0.15) is 8.61 Å². The van der Waals surface area contributed by atoms with Gasteiger partial charge in [-0.1, -0.05) is 0 Å². The third-order valence-corrected chi connectivity index (χ3v) is 11.3. The topological polar surface area (TPSA) is 185 Å². The van der Waals surface area contributed by atoms with Gasteiger partial charge < -0.3 is 22.1 Å². The van der Waals surface area contributed by atoms with Crippen molar-refractivity contribution in [3.63, 3.8) is 0 Å². The predicted octanol–water partition coefficient (Wildman–Crippen LogP) is 2.29. The Bertz CT molecular complexity index is 1340. The molecule has 42 heavy (non-hydrogen) atoms. The maximum absolute atomic E-state index is 12.6. The molecular weight excluding hydrogens is 580 g/mol. The summed E-state index contributed by atoms with van der Waals surface area (Å²) < 4.78 is 53.5. The number of nitrogens with one attached hydrogen (secondary N) is 2. The van der Waals surface area contributed by atoms with Gasteiger partial charge in [0, 0.05) is 62.5 Å². The van der Waals surface area contributed by atoms with E-state index >= 15 is 0 Å². The Morgan fingerprint density at radius 1 is 0.667 bits per heavy atom. The van der Waals surface area contributed by atoms with Gasteiger partial charge in [0.15, 0.2) is 0 Å². The van der Waals surface area contributed by atoms with E-state index < -0.39 is 20.0 Å². The number of hydrogen-bond donors (Lipinski definition) is 4. The molecule has 2 heterocycles. The van der Waals surface area contributed by atoms with Gasteiger partial charge in [0.25, 0.3) is 0 Å². The molecule has 232 valence electrons. The van der Waals surface area contributed by atoms with Crippen LogP contribution in [0.5, 0.6) is 0 Å². The summed E-state index contributed by atoms with van der Waals surface area (Å²) >= 11 is 0. The molecular formula is C28H42N6O6S2. The molecule has 0 saturated carbocycles. The second kappa shape index (κ2) is 14.1. The summed E-state index contributed by atoms with van der Waals surface area (Å²) in [5.74, 6) is -0.381. The Hall–Kier alpha value is -2.88. The van der Waals surface area contributed by atoms with Crippen molar-refractivity contribution in [1.82, 2.24) is 8.61 Å². The first kappa shape index (κ1) is 33.6. The van der Waals surface area contributed by atoms with Crippen molar-refractivity contribution in [1.29, 1.82) is 0 Å². The zero-order valence-corrected chi connectivity index (χ0v) is 26.1. The zero-order chi connectivity index (χ0) is 31.2. The van der Waals surface area contributed by atoms with Gasteiger partial charge in [-0.15, -0.1) is 0 Å². The second-order valence-electron chi connectivity index (χ2n) is 10.9. The fourth-order valence-electron chi connectivity index (χ4n) is 5.19. The number of benzene rings is 2. The lowest BCUT2D eigenvalue weighted by molar-refractivity contribution is -0.115. The number of rotatable bonds is 6. The SMILES string of the molecule is CC(=O)Nc1ccc(S(=O)(=O)N2CC[C@@H](N)C[C@@H]2C)cc1.CC(=O)Nc1ccc(S(=O)(=O)N2CC[C@H](N)C[C@@H]2C)cc1. The number of sulfonamides is 2. The van der Waals surface area contributed by atoms with Gasteiger partial charge in [0.1, 0.15) is 0 Å². The van der Waals surface area contributed by atoms with Gasteiger partial charge in [-0.25, -0.2) is 16.8 Å². The fraction of sp³-hybridized carbons (Fsp3) is 0.500. The highest BCUT2D eigenvalue weighted by atomic mass is 32.2. The largest absolute Gasteiger partial charge is 0.328 e. The molecule has 0 spiro atoms. The Morgan fingerprint density at radius 3 is 1.24 bits per heavy atom. The number of piperidine rings is 2. The highest BCUT2D eigenvalue weighted by molar-refractivity contribution is 7.89. The van der Waals surface area contributed by atoms with Crippen molar-refractivity contribution >= 4 is 43.2 Å². The second-order valence-corrected chi connectivity index (χ2v) is 14.7. The average molecular weight is 623 g/mol. The highest BCUT2D eigenvalue weighted by Gasteiger charge is 2.34. The summed E-state index contributed by atoms with van der Waals surface area (Å²) in [6.45, 7) is 7.45. The van der Waals surface area contributed by atoms with Crippen LogP contribution in [0.1, 0.15) is 53.4 Å². The molecule has 2 saturated heterocycles. The highest BCUT2D eigenvalue weighted by Crippen LogP contribution is 2.27. The van der Waals surface area contributed by atoms with Crippen LogP contribution >= 0.6 is 0 Å². The smallest absolute Gasteiger partial charge is 0.243 e. The van der Waals surface area contributed by atoms with E-state index in [9.17, 15) is 26.4 Å². The monoisotopic (exact) mass is 622 g/mol. The van der Waals surface area contributed by atoms with E-state index in [1.807, 2.05) is 13.8 Å². The summed E-state index contributed by atoms with van der Waals surface area (Å²) in [5, 5.41) is 5.23. The number of amides is 2. The minimum Gasteiger partial charge on any atom is -0.328 e. The van der Waals surface area contributed by atoms with Crippen LogP contribution in [0.4, 0.5) is 11.4 Å². The van der Waals surface area contributed by atoms with Crippen LogP contribution < -0.4 is 22.1 Å². The number of nitrogens with zero attached hydrogens (tertiary/aromatic N) is 2. The van der Waals surface area contributed by atoms with Gasteiger partial charge in [0.2, 0.25) is 31.9 Å². The normalized spacial score (nSPS) is 23.8. The Morgan fingerprint density at radius 2 is 0.976 bits per heavy atom. The average Bonchev–Trinajstić information content (AvgIpc) is 2.88. The van der Waals surface area contributed by atoms with Crippen molar-refractivity contribution in [2.24, 2.45) is 11.5 Å². The Kier molecular flexibility index (Phi) is 11.3. The van der Waals surface area contributed by atoms with E-state index in [-0.39, 0.29) is 45.8 Å². The van der Waals surface area contributed by atoms with Gasteiger partial charge >= 0.3 is 0 Å². The summed E-state index contributed by atoms with van der Waals surface area (Å²) in [6, 6.07) is 12.4. The minimum absolute atomic E-state index is 0.0635. The number of hydrogen-bond acceptors (Lipinski definition) is 8. The number of carbonyl (C=O) groups is 2. The summed E-state index contributed by atoms with van der Waals surface area (Å²) in [4.78, 5) is 22.4. The van der Waals surface area contributed by atoms with Crippen LogP contribution in [-0.4, -0.2) is 74.5 Å². The van der Waals surface area contributed by atoms with Crippen LogP contribution in [0.3, 0.4) is 0 Å². The van der Waals surface area contributed by atoms with Crippen LogP contribution in [0.15, 0.2) is 58.3 Å². The first-order chi connectivity index (χ1) is 19.6. The van der Waals surface area contributed by atoms with E-state index in [2.05, 4.69) is 10.6 Å². The summed E-state index contributed by atoms with van der Waals surface area (Å²) in [7, 11) is -7.03. The Balaban J connectivity index is 0.000000230. The standard InChI is InChI=1S/2C14H21N3O3S/c2*1-10-9-12(15)7-8-17(10)21(19,20)14-5-3-13(4-6-14)16-11(2)18/h2*3-6,10,12H,7-9,15H2,1-2H3,(H,16,18)/t10-,12+;10-,12-/m00/s1. The first-order valence-electron chi connectivity index (χ1n) is 13.9. The van der Waals surface area contributed by atoms with E-state index in [4.69, 9.17) is 11.5 Å². The molecule has 6 N–H and O–H groups in total. The maximum atomic E-state index is 12.6. The Labute approximate surface area is 248 Å². The lowest BCUT2D eigenvalue weighted by Crippen LogP contribution is -2.48. The maximum Gasteiger partial charge on any atom is 0.243 e. The fourth-order valence-corrected chi connectivity index (χ4v) is 8.50. The van der Waals surface area contributed by atoms with Crippen molar-refractivity contribution < 1.29 is 26.4 Å². The van der Waals surface area contributed by atoms with Gasteiger partial charge in [0.05, 0.1) is 9.79 Å². The van der Waals surface area contributed by atoms with Crippen molar-refractivity contribution in [2.45, 2.75) is 87.3 Å². The van der Waals surface area contributed by atoms with Crippen LogP contribution in [0.25, 0.3) is 0 Å². The number of nitrogens with two attached hydrogens (primary N) is 2. The summed E-state index contributed by atoms with van der Waals surface area (Å²) in [5.41, 5.74) is 12.9. The molecule has 14 heteroatoms. The van der Waals surface area contributed by atoms with Crippen molar-refractivity contribution in [3.8, 4) is 0 Å². The molecule has 4 atom stereocenters. The summed E-state index contributed by atoms with van der Waals surface area (Å²) in [6.07, 6.45) is 2.69. The molecule has 2 aliphatic rings. The van der Waals surface area contributed by atoms with Crippen LogP contribution in [-0.2, 0) is 29.6 Å². The van der Waals surface area contributed by atoms with E-state index in [1.54, 1.807) is 24.3 Å². The molecule has 2 fully saturated rings. The van der Waals surface area contributed by atoms with Crippen LogP contribution in [0, 0.1) is 0 Å². The third-order valence-electron chi connectivity index (χ3n) is 7.27. The molecule has 2 aromatic rings. The molecule has 0 aliphatic carbocycles. The number of anilines is 2. The molecule has 12 nitrogen and oxygen atoms in total. The van der Waals surface area contributed by atoms with Crippen LogP contribution in [0.2, 0.25) is 0 Å². The lowest BCUT2D eigenvalue weighted by Gasteiger charge is -2.35.